The molecular formula is C13H18F6O3. The highest BCUT2D eigenvalue weighted by Crippen LogP contribution is 2.51. The standard InChI is InChI=1S/C13H18F6O3/c1-7(2)10(20)22-9-5-3-8(4-6-9)11(21,12(14,15)16)13(17,18)19/h7-9,21H,3-6H2,1-2H3. The monoisotopic (exact) mass is 336 g/mol. The molecule has 0 radical (unpaired) electrons. The van der Waals surface area contributed by atoms with E-state index in [4.69, 9.17) is 4.74 Å². The zero-order valence-corrected chi connectivity index (χ0v) is 12.1. The highest BCUT2D eigenvalue weighted by Gasteiger charge is 2.73. The van der Waals surface area contributed by atoms with E-state index in [-0.39, 0.29) is 12.8 Å². The van der Waals surface area contributed by atoms with Crippen LogP contribution in [0.3, 0.4) is 0 Å². The van der Waals surface area contributed by atoms with Gasteiger partial charge in [-0.25, -0.2) is 0 Å². The second kappa shape index (κ2) is 6.25. The van der Waals surface area contributed by atoms with Gasteiger partial charge in [0, 0.05) is 5.92 Å². The molecule has 0 bridgehead atoms. The van der Waals surface area contributed by atoms with E-state index in [1.165, 1.54) is 0 Å². The van der Waals surface area contributed by atoms with Crippen molar-refractivity contribution in [2.45, 2.75) is 63.6 Å². The SMILES string of the molecule is CC(C)C(=O)OC1CCC(C(O)(C(F)(F)F)C(F)(F)F)CC1. The Hall–Kier alpha value is -0.990. The van der Waals surface area contributed by atoms with E-state index in [1.807, 2.05) is 0 Å². The molecule has 9 heteroatoms. The molecule has 0 aromatic rings. The van der Waals surface area contributed by atoms with Gasteiger partial charge < -0.3 is 9.84 Å². The van der Waals surface area contributed by atoms with Gasteiger partial charge in [-0.2, -0.15) is 26.3 Å². The number of carbonyl (C=O) groups excluding carboxylic acids is 1. The van der Waals surface area contributed by atoms with Crippen molar-refractivity contribution in [3.63, 3.8) is 0 Å². The molecule has 0 atom stereocenters. The molecule has 0 unspecified atom stereocenters. The molecule has 1 aliphatic carbocycles. The number of carbonyl (C=O) groups is 1. The Labute approximate surface area is 123 Å². The number of alkyl halides is 6. The summed E-state index contributed by atoms with van der Waals surface area (Å²) in [6.07, 6.45) is -13.7. The summed E-state index contributed by atoms with van der Waals surface area (Å²) >= 11 is 0. The summed E-state index contributed by atoms with van der Waals surface area (Å²) in [5.74, 6) is -2.98. The summed E-state index contributed by atoms with van der Waals surface area (Å²) in [5, 5.41) is 9.31. The summed E-state index contributed by atoms with van der Waals surface area (Å²) in [6, 6.07) is 0. The topological polar surface area (TPSA) is 46.5 Å². The number of ether oxygens (including phenoxy) is 1. The molecule has 3 nitrogen and oxygen atoms in total. The van der Waals surface area contributed by atoms with E-state index in [2.05, 4.69) is 0 Å². The van der Waals surface area contributed by atoms with Gasteiger partial charge in [-0.3, -0.25) is 4.79 Å². The summed E-state index contributed by atoms with van der Waals surface area (Å²) < 4.78 is 81.5. The van der Waals surface area contributed by atoms with Crippen LogP contribution in [-0.4, -0.2) is 35.1 Å². The van der Waals surface area contributed by atoms with Crippen LogP contribution in [0.4, 0.5) is 26.3 Å². The Morgan fingerprint density at radius 3 is 1.73 bits per heavy atom. The van der Waals surface area contributed by atoms with Gasteiger partial charge in [0.2, 0.25) is 0 Å². The zero-order chi connectivity index (χ0) is 17.3. The molecular weight excluding hydrogens is 318 g/mol. The number of rotatable bonds is 3. The largest absolute Gasteiger partial charge is 0.462 e. The number of esters is 1. The maximum absolute atomic E-state index is 12.7. The van der Waals surface area contributed by atoms with Crippen LogP contribution in [0.5, 0.6) is 0 Å². The van der Waals surface area contributed by atoms with Crippen molar-refractivity contribution in [2.24, 2.45) is 11.8 Å². The van der Waals surface area contributed by atoms with Gasteiger partial charge in [0.05, 0.1) is 5.92 Å². The van der Waals surface area contributed by atoms with Crippen molar-refractivity contribution in [1.29, 1.82) is 0 Å². The van der Waals surface area contributed by atoms with Gasteiger partial charge in [-0.05, 0) is 25.7 Å². The van der Waals surface area contributed by atoms with Crippen LogP contribution in [0.15, 0.2) is 0 Å². The van der Waals surface area contributed by atoms with Gasteiger partial charge in [0.1, 0.15) is 6.10 Å². The van der Waals surface area contributed by atoms with Gasteiger partial charge in [0.15, 0.2) is 0 Å². The molecule has 0 amide bonds. The van der Waals surface area contributed by atoms with Crippen LogP contribution in [0.25, 0.3) is 0 Å². The lowest BCUT2D eigenvalue weighted by atomic mass is 9.75. The second-order valence-corrected chi connectivity index (χ2v) is 5.83. The van der Waals surface area contributed by atoms with Crippen molar-refractivity contribution in [3.8, 4) is 0 Å². The lowest BCUT2D eigenvalue weighted by Gasteiger charge is -2.41. The first kappa shape index (κ1) is 19.1. The first-order valence-electron chi connectivity index (χ1n) is 6.87. The van der Waals surface area contributed by atoms with Crippen LogP contribution in [0.2, 0.25) is 0 Å². The molecule has 130 valence electrons. The molecule has 0 saturated heterocycles. The summed E-state index contributed by atoms with van der Waals surface area (Å²) in [4.78, 5) is 11.4. The Bertz CT molecular complexity index is 380. The highest BCUT2D eigenvalue weighted by atomic mass is 19.4. The molecule has 1 rings (SSSR count). The Kier molecular flexibility index (Phi) is 5.42. The molecule has 0 aromatic heterocycles. The number of hydrogen-bond donors (Lipinski definition) is 1. The fraction of sp³-hybridized carbons (Fsp3) is 0.923. The van der Waals surface area contributed by atoms with E-state index in [0.29, 0.717) is 0 Å². The molecule has 0 heterocycles. The van der Waals surface area contributed by atoms with Gasteiger partial charge in [-0.15, -0.1) is 0 Å². The van der Waals surface area contributed by atoms with Crippen LogP contribution >= 0.6 is 0 Å². The van der Waals surface area contributed by atoms with E-state index >= 15 is 0 Å². The van der Waals surface area contributed by atoms with E-state index in [9.17, 15) is 36.2 Å². The maximum atomic E-state index is 12.7. The van der Waals surface area contributed by atoms with E-state index in [0.717, 1.165) is 0 Å². The molecule has 0 aliphatic heterocycles. The molecule has 1 aliphatic rings. The van der Waals surface area contributed by atoms with Crippen molar-refractivity contribution in [2.75, 3.05) is 0 Å². The summed E-state index contributed by atoms with van der Waals surface area (Å²) in [6.45, 7) is 3.14. The van der Waals surface area contributed by atoms with Crippen LogP contribution < -0.4 is 0 Å². The predicted octanol–water partition coefficient (Wildman–Crippen LogP) is 3.60. The van der Waals surface area contributed by atoms with Gasteiger partial charge in [0.25, 0.3) is 5.60 Å². The van der Waals surface area contributed by atoms with Crippen LogP contribution in [0, 0.1) is 11.8 Å². The van der Waals surface area contributed by atoms with Crippen molar-refractivity contribution in [1.82, 2.24) is 0 Å². The Balaban J connectivity index is 2.79. The number of halogens is 6. The quantitative estimate of drug-likeness (QED) is 0.633. The third-order valence-electron chi connectivity index (χ3n) is 3.88. The first-order valence-corrected chi connectivity index (χ1v) is 6.87. The number of aliphatic hydroxyl groups is 1. The van der Waals surface area contributed by atoms with Gasteiger partial charge in [-0.1, -0.05) is 13.8 Å². The Morgan fingerprint density at radius 2 is 1.41 bits per heavy atom. The minimum Gasteiger partial charge on any atom is -0.462 e. The fourth-order valence-corrected chi connectivity index (χ4v) is 2.52. The minimum absolute atomic E-state index is 0.141. The van der Waals surface area contributed by atoms with E-state index in [1.54, 1.807) is 13.8 Å². The third-order valence-corrected chi connectivity index (χ3v) is 3.88. The molecule has 0 aromatic carbocycles. The molecule has 1 N–H and O–H groups in total. The lowest BCUT2D eigenvalue weighted by molar-refractivity contribution is -0.387. The normalized spacial score (nSPS) is 24.5. The first-order chi connectivity index (χ1) is 9.80. The predicted molar refractivity (Wildman–Crippen MR) is 63.7 cm³/mol. The van der Waals surface area contributed by atoms with Crippen LogP contribution in [0.1, 0.15) is 39.5 Å². The number of hydrogen-bond acceptors (Lipinski definition) is 3. The Morgan fingerprint density at radius 1 is 1.00 bits per heavy atom. The average molecular weight is 336 g/mol. The van der Waals surface area contributed by atoms with Crippen molar-refractivity contribution in [3.05, 3.63) is 0 Å². The minimum atomic E-state index is -5.81. The van der Waals surface area contributed by atoms with Crippen molar-refractivity contribution < 1.29 is 41.0 Å². The molecule has 0 spiro atoms. The highest BCUT2D eigenvalue weighted by molar-refractivity contribution is 5.71. The zero-order valence-electron chi connectivity index (χ0n) is 12.1. The third kappa shape index (κ3) is 3.67. The van der Waals surface area contributed by atoms with E-state index < -0.39 is 54.7 Å². The van der Waals surface area contributed by atoms with Crippen molar-refractivity contribution >= 4 is 5.97 Å². The van der Waals surface area contributed by atoms with Gasteiger partial charge >= 0.3 is 18.3 Å². The molecule has 1 saturated carbocycles. The molecule has 1 fully saturated rings. The fourth-order valence-electron chi connectivity index (χ4n) is 2.52. The lowest BCUT2D eigenvalue weighted by Crippen LogP contribution is -2.62. The summed E-state index contributed by atoms with van der Waals surface area (Å²) in [7, 11) is 0. The molecule has 22 heavy (non-hydrogen) atoms. The summed E-state index contributed by atoms with van der Waals surface area (Å²) in [5.41, 5.74) is -4.73. The average Bonchev–Trinajstić information content (AvgIpc) is 2.35. The maximum Gasteiger partial charge on any atom is 0.426 e. The second-order valence-electron chi connectivity index (χ2n) is 5.83. The van der Waals surface area contributed by atoms with Crippen LogP contribution in [-0.2, 0) is 9.53 Å². The smallest absolute Gasteiger partial charge is 0.426 e.